The quantitative estimate of drug-likeness (QED) is 0.756. The van der Waals surface area contributed by atoms with E-state index < -0.39 is 5.91 Å². The highest BCUT2D eigenvalue weighted by atomic mass is 16.5. The lowest BCUT2D eigenvalue weighted by Crippen LogP contribution is -2.15. The minimum absolute atomic E-state index is 0.217. The maximum absolute atomic E-state index is 11.1. The first-order valence-corrected chi connectivity index (χ1v) is 6.55. The molecule has 0 aliphatic heterocycles. The molecule has 0 aliphatic rings. The summed E-state index contributed by atoms with van der Waals surface area (Å²) in [5.41, 5.74) is 7.44. The number of carbonyl (C=O) groups is 1. The predicted molar refractivity (Wildman–Crippen MR) is 80.2 cm³/mol. The van der Waals surface area contributed by atoms with Gasteiger partial charge in [-0.1, -0.05) is 12.1 Å². The van der Waals surface area contributed by atoms with Crippen molar-refractivity contribution in [1.82, 2.24) is 5.32 Å². The zero-order valence-corrected chi connectivity index (χ0v) is 11.8. The molecular formula is C16H18N2O3. The first-order valence-electron chi connectivity index (χ1n) is 6.55. The van der Waals surface area contributed by atoms with Gasteiger partial charge >= 0.3 is 0 Å². The van der Waals surface area contributed by atoms with Crippen LogP contribution in [-0.4, -0.2) is 18.1 Å². The van der Waals surface area contributed by atoms with Crippen molar-refractivity contribution < 1.29 is 14.6 Å². The Labute approximate surface area is 123 Å². The Morgan fingerprint density at radius 3 is 2.76 bits per heavy atom. The third kappa shape index (κ3) is 3.97. The molecular weight excluding hydrogens is 268 g/mol. The normalized spacial score (nSPS) is 10.3. The summed E-state index contributed by atoms with van der Waals surface area (Å²) in [5.74, 6) is 0.469. The maximum Gasteiger partial charge on any atom is 0.248 e. The van der Waals surface area contributed by atoms with Crippen molar-refractivity contribution in [2.75, 3.05) is 7.11 Å². The summed E-state index contributed by atoms with van der Waals surface area (Å²) in [6, 6.07) is 12.2. The van der Waals surface area contributed by atoms with Crippen LogP contribution in [0.1, 0.15) is 21.5 Å². The van der Waals surface area contributed by atoms with E-state index in [9.17, 15) is 9.90 Å². The number of nitrogens with two attached hydrogens (primary N) is 1. The topological polar surface area (TPSA) is 84.6 Å². The van der Waals surface area contributed by atoms with Gasteiger partial charge in [-0.15, -0.1) is 0 Å². The highest BCUT2D eigenvalue weighted by Crippen LogP contribution is 2.22. The van der Waals surface area contributed by atoms with E-state index >= 15 is 0 Å². The molecule has 0 aliphatic carbocycles. The largest absolute Gasteiger partial charge is 0.508 e. The first-order chi connectivity index (χ1) is 10.1. The van der Waals surface area contributed by atoms with Gasteiger partial charge in [-0.25, -0.2) is 0 Å². The molecule has 0 fully saturated rings. The van der Waals surface area contributed by atoms with Crippen molar-refractivity contribution in [1.29, 1.82) is 0 Å². The summed E-state index contributed by atoms with van der Waals surface area (Å²) in [6.45, 7) is 1.06. The number of ether oxygens (including phenoxy) is 1. The van der Waals surface area contributed by atoms with Crippen LogP contribution in [-0.2, 0) is 13.1 Å². The maximum atomic E-state index is 11.1. The molecule has 21 heavy (non-hydrogen) atoms. The zero-order chi connectivity index (χ0) is 15.2. The molecule has 2 aromatic carbocycles. The second-order valence-electron chi connectivity index (χ2n) is 4.66. The minimum atomic E-state index is -0.442. The van der Waals surface area contributed by atoms with E-state index in [1.54, 1.807) is 43.5 Å². The lowest BCUT2D eigenvalue weighted by molar-refractivity contribution is 0.1000. The Morgan fingerprint density at radius 1 is 1.24 bits per heavy atom. The lowest BCUT2D eigenvalue weighted by atomic mass is 10.1. The fourth-order valence-corrected chi connectivity index (χ4v) is 2.01. The molecule has 1 amide bonds. The first kappa shape index (κ1) is 14.9. The number of phenolic OH excluding ortho intramolecular Hbond substituents is 1. The van der Waals surface area contributed by atoms with Crippen molar-refractivity contribution in [3.8, 4) is 11.5 Å². The monoisotopic (exact) mass is 286 g/mol. The molecule has 0 spiro atoms. The molecule has 0 aromatic heterocycles. The standard InChI is InChI=1S/C16H18N2O3/c1-21-14-5-6-15(19)13(8-14)10-18-9-11-3-2-4-12(7-11)16(17)20/h2-8,18-19H,9-10H2,1H3,(H2,17,20). The van der Waals surface area contributed by atoms with Gasteiger partial charge in [0.15, 0.2) is 0 Å². The van der Waals surface area contributed by atoms with Crippen molar-refractivity contribution >= 4 is 5.91 Å². The number of amides is 1. The van der Waals surface area contributed by atoms with Gasteiger partial charge in [-0.05, 0) is 35.9 Å². The van der Waals surface area contributed by atoms with Crippen LogP contribution in [0.2, 0.25) is 0 Å². The number of hydrogen-bond donors (Lipinski definition) is 3. The number of carbonyl (C=O) groups excluding carboxylic acids is 1. The third-order valence-corrected chi connectivity index (χ3v) is 3.14. The van der Waals surface area contributed by atoms with E-state index in [0.29, 0.717) is 24.4 Å². The average molecular weight is 286 g/mol. The average Bonchev–Trinajstić information content (AvgIpc) is 2.49. The molecule has 5 heteroatoms. The Hall–Kier alpha value is -2.53. The van der Waals surface area contributed by atoms with Gasteiger partial charge in [0.2, 0.25) is 5.91 Å². The van der Waals surface area contributed by atoms with E-state index in [4.69, 9.17) is 10.5 Å². The molecule has 2 rings (SSSR count). The summed E-state index contributed by atoms with van der Waals surface area (Å²) < 4.78 is 5.13. The molecule has 0 heterocycles. The molecule has 4 N–H and O–H groups in total. The van der Waals surface area contributed by atoms with E-state index in [-0.39, 0.29) is 5.75 Å². The summed E-state index contributed by atoms with van der Waals surface area (Å²) >= 11 is 0. The van der Waals surface area contributed by atoms with Crippen LogP contribution < -0.4 is 15.8 Å². The minimum Gasteiger partial charge on any atom is -0.508 e. The Kier molecular flexibility index (Phi) is 4.79. The highest BCUT2D eigenvalue weighted by Gasteiger charge is 2.04. The second-order valence-corrected chi connectivity index (χ2v) is 4.66. The predicted octanol–water partition coefficient (Wildman–Crippen LogP) is 1.79. The van der Waals surface area contributed by atoms with Crippen LogP contribution in [0, 0.1) is 0 Å². The van der Waals surface area contributed by atoms with Gasteiger partial charge in [0, 0.05) is 24.2 Å². The van der Waals surface area contributed by atoms with Crippen LogP contribution in [0.3, 0.4) is 0 Å². The van der Waals surface area contributed by atoms with Gasteiger partial charge in [0.1, 0.15) is 11.5 Å². The van der Waals surface area contributed by atoms with E-state index in [1.165, 1.54) is 0 Å². The van der Waals surface area contributed by atoms with Gasteiger partial charge < -0.3 is 20.9 Å². The molecule has 0 bridgehead atoms. The van der Waals surface area contributed by atoms with E-state index in [0.717, 1.165) is 11.1 Å². The molecule has 5 nitrogen and oxygen atoms in total. The smallest absolute Gasteiger partial charge is 0.248 e. The lowest BCUT2D eigenvalue weighted by Gasteiger charge is -2.09. The Balaban J connectivity index is 1.98. The van der Waals surface area contributed by atoms with Crippen LogP contribution in [0.25, 0.3) is 0 Å². The van der Waals surface area contributed by atoms with Gasteiger partial charge in [0.05, 0.1) is 7.11 Å². The van der Waals surface area contributed by atoms with Crippen LogP contribution >= 0.6 is 0 Å². The number of aromatic hydroxyl groups is 1. The number of benzene rings is 2. The molecule has 0 saturated carbocycles. The molecule has 110 valence electrons. The zero-order valence-electron chi connectivity index (χ0n) is 11.8. The highest BCUT2D eigenvalue weighted by molar-refractivity contribution is 5.92. The van der Waals surface area contributed by atoms with E-state index in [1.807, 2.05) is 6.07 Å². The van der Waals surface area contributed by atoms with Crippen molar-refractivity contribution in [2.45, 2.75) is 13.1 Å². The molecule has 0 radical (unpaired) electrons. The second kappa shape index (κ2) is 6.76. The molecule has 0 saturated heterocycles. The van der Waals surface area contributed by atoms with Crippen LogP contribution in [0.15, 0.2) is 42.5 Å². The van der Waals surface area contributed by atoms with Crippen LogP contribution in [0.5, 0.6) is 11.5 Å². The number of hydrogen-bond acceptors (Lipinski definition) is 4. The van der Waals surface area contributed by atoms with Crippen LogP contribution in [0.4, 0.5) is 0 Å². The number of phenols is 1. The summed E-state index contributed by atoms with van der Waals surface area (Å²) in [6.07, 6.45) is 0. The number of methoxy groups -OCH3 is 1. The van der Waals surface area contributed by atoms with Crippen molar-refractivity contribution in [3.05, 3.63) is 59.2 Å². The Morgan fingerprint density at radius 2 is 2.05 bits per heavy atom. The Bertz CT molecular complexity index is 641. The summed E-state index contributed by atoms with van der Waals surface area (Å²) in [5, 5.41) is 13.0. The fraction of sp³-hybridized carbons (Fsp3) is 0.188. The summed E-state index contributed by atoms with van der Waals surface area (Å²) in [4.78, 5) is 11.1. The number of primary amides is 1. The molecule has 0 atom stereocenters. The van der Waals surface area contributed by atoms with Gasteiger partial charge in [-0.3, -0.25) is 4.79 Å². The van der Waals surface area contributed by atoms with E-state index in [2.05, 4.69) is 5.32 Å². The van der Waals surface area contributed by atoms with Gasteiger partial charge in [-0.2, -0.15) is 0 Å². The van der Waals surface area contributed by atoms with Crippen molar-refractivity contribution in [2.24, 2.45) is 5.73 Å². The third-order valence-electron chi connectivity index (χ3n) is 3.14. The fourth-order valence-electron chi connectivity index (χ4n) is 2.01. The molecule has 2 aromatic rings. The number of rotatable bonds is 6. The number of nitrogens with one attached hydrogen (secondary N) is 1. The molecule has 0 unspecified atom stereocenters. The SMILES string of the molecule is COc1ccc(O)c(CNCc2cccc(C(N)=O)c2)c1. The summed E-state index contributed by atoms with van der Waals surface area (Å²) in [7, 11) is 1.58. The van der Waals surface area contributed by atoms with Gasteiger partial charge in [0.25, 0.3) is 0 Å². The van der Waals surface area contributed by atoms with Crippen molar-refractivity contribution in [3.63, 3.8) is 0 Å².